The first kappa shape index (κ1) is 23.3. The summed E-state index contributed by atoms with van der Waals surface area (Å²) in [4.78, 5) is 16.4. The van der Waals surface area contributed by atoms with Gasteiger partial charge < -0.3 is 10.0 Å². The summed E-state index contributed by atoms with van der Waals surface area (Å²) in [6.07, 6.45) is -4.16. The number of aliphatic carboxylic acids is 1. The molecule has 0 aliphatic carbocycles. The lowest BCUT2D eigenvalue weighted by Gasteiger charge is -2.35. The number of anilines is 1. The number of hydrogen-bond acceptors (Lipinski definition) is 5. The Morgan fingerprint density at radius 3 is 2.35 bits per heavy atom. The highest BCUT2D eigenvalue weighted by Gasteiger charge is 2.33. The molecule has 1 aromatic carbocycles. The molecule has 3 rings (SSSR count). The Kier molecular flexibility index (Phi) is 6.49. The Morgan fingerprint density at radius 1 is 1.16 bits per heavy atom. The van der Waals surface area contributed by atoms with Crippen molar-refractivity contribution < 1.29 is 31.5 Å². The van der Waals surface area contributed by atoms with Crippen molar-refractivity contribution >= 4 is 33.4 Å². The predicted molar refractivity (Wildman–Crippen MR) is 108 cm³/mol. The second kappa shape index (κ2) is 8.64. The van der Waals surface area contributed by atoms with Gasteiger partial charge in [0.15, 0.2) is 0 Å². The van der Waals surface area contributed by atoms with Crippen molar-refractivity contribution in [3.05, 3.63) is 52.2 Å². The van der Waals surface area contributed by atoms with Gasteiger partial charge in [-0.15, -0.1) is 0 Å². The van der Waals surface area contributed by atoms with Gasteiger partial charge in [-0.25, -0.2) is 13.4 Å². The van der Waals surface area contributed by atoms with E-state index in [2.05, 4.69) is 4.98 Å². The van der Waals surface area contributed by atoms with Crippen molar-refractivity contribution in [1.29, 1.82) is 0 Å². The van der Waals surface area contributed by atoms with Crippen LogP contribution in [-0.2, 0) is 27.4 Å². The fraction of sp³-hybridized carbons (Fsp3) is 0.368. The van der Waals surface area contributed by atoms with E-state index < -0.39 is 27.7 Å². The zero-order valence-electron chi connectivity index (χ0n) is 16.4. The molecule has 0 spiro atoms. The fourth-order valence-corrected chi connectivity index (χ4v) is 5.22. The van der Waals surface area contributed by atoms with Gasteiger partial charge >= 0.3 is 12.1 Å². The largest absolute Gasteiger partial charge is 0.481 e. The van der Waals surface area contributed by atoms with Crippen LogP contribution in [0.3, 0.4) is 0 Å². The maximum Gasteiger partial charge on any atom is 0.417 e. The first-order valence-corrected chi connectivity index (χ1v) is 11.0. The zero-order valence-corrected chi connectivity index (χ0v) is 17.9. The quantitative estimate of drug-likeness (QED) is 0.711. The van der Waals surface area contributed by atoms with Gasteiger partial charge in [-0.2, -0.15) is 17.5 Å². The first-order chi connectivity index (χ1) is 14.4. The maximum atomic E-state index is 13.0. The molecule has 0 bridgehead atoms. The minimum atomic E-state index is -4.56. The number of rotatable bonds is 5. The minimum Gasteiger partial charge on any atom is -0.481 e. The van der Waals surface area contributed by atoms with Gasteiger partial charge in [0.1, 0.15) is 5.82 Å². The molecule has 2 heterocycles. The Bertz CT molecular complexity index is 1100. The summed E-state index contributed by atoms with van der Waals surface area (Å²) in [5.74, 6) is -0.908. The Morgan fingerprint density at radius 2 is 1.81 bits per heavy atom. The number of aromatic nitrogens is 1. The lowest BCUT2D eigenvalue weighted by atomic mass is 10.1. The summed E-state index contributed by atoms with van der Waals surface area (Å²) in [5.41, 5.74) is 0.0428. The lowest BCUT2D eigenvalue weighted by molar-refractivity contribution is -0.138. The highest BCUT2D eigenvalue weighted by molar-refractivity contribution is 7.89. The second-order valence-electron chi connectivity index (χ2n) is 7.14. The van der Waals surface area contributed by atoms with Crippen LogP contribution in [0.5, 0.6) is 0 Å². The number of hydrogen-bond donors (Lipinski definition) is 1. The average Bonchev–Trinajstić information content (AvgIpc) is 2.66. The predicted octanol–water partition coefficient (Wildman–Crippen LogP) is 3.20. The number of benzene rings is 1. The van der Waals surface area contributed by atoms with Crippen LogP contribution < -0.4 is 4.90 Å². The molecule has 12 heteroatoms. The molecule has 2 aromatic rings. The summed E-state index contributed by atoms with van der Waals surface area (Å²) in [7, 11) is -3.87. The van der Waals surface area contributed by atoms with Gasteiger partial charge in [0, 0.05) is 32.4 Å². The maximum absolute atomic E-state index is 13.0. The number of aryl methyl sites for hydroxylation is 1. The molecule has 1 aromatic heterocycles. The van der Waals surface area contributed by atoms with Crippen molar-refractivity contribution in [3.63, 3.8) is 0 Å². The van der Waals surface area contributed by atoms with Crippen LogP contribution in [0.4, 0.5) is 19.0 Å². The monoisotopic (exact) mass is 477 g/mol. The molecular formula is C19H19ClF3N3O4S. The smallest absolute Gasteiger partial charge is 0.417 e. The van der Waals surface area contributed by atoms with Crippen LogP contribution >= 0.6 is 11.6 Å². The van der Waals surface area contributed by atoms with E-state index in [-0.39, 0.29) is 48.3 Å². The van der Waals surface area contributed by atoms with Gasteiger partial charge in [-0.1, -0.05) is 17.7 Å². The molecule has 168 valence electrons. The van der Waals surface area contributed by atoms with E-state index in [1.807, 2.05) is 0 Å². The van der Waals surface area contributed by atoms with Crippen LogP contribution in [0.15, 0.2) is 35.4 Å². The van der Waals surface area contributed by atoms with E-state index in [0.717, 1.165) is 6.07 Å². The molecule has 0 atom stereocenters. The van der Waals surface area contributed by atoms with Gasteiger partial charge in [0.2, 0.25) is 10.0 Å². The van der Waals surface area contributed by atoms with Crippen LogP contribution in [-0.4, -0.2) is 55.0 Å². The third kappa shape index (κ3) is 5.28. The number of carboxylic acid groups (broad SMARTS) is 1. The highest BCUT2D eigenvalue weighted by Crippen LogP contribution is 2.34. The summed E-state index contributed by atoms with van der Waals surface area (Å²) in [6.45, 7) is 2.20. The van der Waals surface area contributed by atoms with Crippen molar-refractivity contribution in [2.45, 2.75) is 24.4 Å². The number of carboxylic acids is 1. The number of carbonyl (C=O) groups is 1. The molecule has 1 fully saturated rings. The van der Waals surface area contributed by atoms with Gasteiger partial charge in [-0.05, 0) is 36.2 Å². The zero-order chi connectivity index (χ0) is 23.0. The SMILES string of the molecule is Cc1cc(CC(=O)O)cc(S(=O)(=O)N2CCN(c3ncc(C(F)(F)F)cc3Cl)CC2)c1. The number of pyridine rings is 1. The molecule has 1 N–H and O–H groups in total. The van der Waals surface area contributed by atoms with Crippen molar-refractivity contribution in [1.82, 2.24) is 9.29 Å². The highest BCUT2D eigenvalue weighted by atomic mass is 35.5. The van der Waals surface area contributed by atoms with E-state index in [4.69, 9.17) is 16.7 Å². The molecule has 0 saturated carbocycles. The molecular weight excluding hydrogens is 459 g/mol. The third-order valence-corrected chi connectivity index (χ3v) is 6.95. The Balaban J connectivity index is 1.76. The standard InChI is InChI=1S/C19H19ClF3N3O4S/c1-12-6-13(9-17(27)28)8-15(7-12)31(29,30)26-4-2-25(3-5-26)18-16(20)10-14(11-24-18)19(21,22)23/h6-8,10-11H,2-5,9H2,1H3,(H,27,28). The van der Waals surface area contributed by atoms with E-state index in [0.29, 0.717) is 17.3 Å². The topological polar surface area (TPSA) is 90.8 Å². The van der Waals surface area contributed by atoms with Crippen molar-refractivity contribution in [2.75, 3.05) is 31.1 Å². The number of sulfonamides is 1. The molecule has 1 aliphatic heterocycles. The van der Waals surface area contributed by atoms with E-state index in [9.17, 15) is 26.4 Å². The van der Waals surface area contributed by atoms with Crippen LogP contribution in [0, 0.1) is 6.92 Å². The van der Waals surface area contributed by atoms with E-state index in [1.54, 1.807) is 17.9 Å². The molecule has 31 heavy (non-hydrogen) atoms. The Labute approximate surface area is 182 Å². The lowest BCUT2D eigenvalue weighted by Crippen LogP contribution is -2.49. The molecule has 7 nitrogen and oxygen atoms in total. The van der Waals surface area contributed by atoms with Crippen LogP contribution in [0.1, 0.15) is 16.7 Å². The molecule has 1 saturated heterocycles. The van der Waals surface area contributed by atoms with Gasteiger partial charge in [-0.3, -0.25) is 4.79 Å². The summed E-state index contributed by atoms with van der Waals surface area (Å²) >= 11 is 5.98. The average molecular weight is 478 g/mol. The Hall–Kier alpha value is -2.37. The van der Waals surface area contributed by atoms with Crippen LogP contribution in [0.25, 0.3) is 0 Å². The number of alkyl halides is 3. The second-order valence-corrected chi connectivity index (χ2v) is 9.49. The van der Waals surface area contributed by atoms with E-state index in [1.165, 1.54) is 16.4 Å². The van der Waals surface area contributed by atoms with Gasteiger partial charge in [0.05, 0.1) is 21.9 Å². The summed E-state index contributed by atoms with van der Waals surface area (Å²) in [5, 5.41) is 8.81. The fourth-order valence-electron chi connectivity index (χ4n) is 3.36. The third-order valence-electron chi connectivity index (χ3n) is 4.79. The summed E-state index contributed by atoms with van der Waals surface area (Å²) in [6, 6.07) is 5.23. The molecule has 0 amide bonds. The number of nitrogens with zero attached hydrogens (tertiary/aromatic N) is 3. The van der Waals surface area contributed by atoms with E-state index >= 15 is 0 Å². The first-order valence-electron chi connectivity index (χ1n) is 9.18. The summed E-state index contributed by atoms with van der Waals surface area (Å²) < 4.78 is 65.7. The van der Waals surface area contributed by atoms with Crippen molar-refractivity contribution in [3.8, 4) is 0 Å². The minimum absolute atomic E-state index is 0.00267. The van der Waals surface area contributed by atoms with Crippen molar-refractivity contribution in [2.24, 2.45) is 0 Å². The van der Waals surface area contributed by atoms with Gasteiger partial charge in [0.25, 0.3) is 0 Å². The number of halogens is 4. The molecule has 0 radical (unpaired) electrons. The molecule has 0 unspecified atom stereocenters. The number of piperazine rings is 1. The van der Waals surface area contributed by atoms with Crippen LogP contribution in [0.2, 0.25) is 5.02 Å². The molecule has 1 aliphatic rings. The normalized spacial score (nSPS) is 15.8.